The Labute approximate surface area is 342 Å². The van der Waals surface area contributed by atoms with Crippen LogP contribution in [0.1, 0.15) is 13.8 Å². The molecule has 14 N–H and O–H groups in total. The highest BCUT2D eigenvalue weighted by Gasteiger charge is 2.57. The van der Waals surface area contributed by atoms with E-state index in [2.05, 4.69) is 19.0 Å². The fraction of sp³-hybridized carbons (Fsp3) is 0.857. The molecule has 61 heavy (non-hydrogen) atoms. The molecule has 4 saturated heterocycles. The molecule has 4 rings (SSSR count). The maximum atomic E-state index is 12.5. The van der Waals surface area contributed by atoms with Gasteiger partial charge in [-0.05, 0) is 0 Å². The monoisotopic (exact) mass is 936 g/mol. The Morgan fingerprint density at radius 3 is 1.38 bits per heavy atom. The molecular weight excluding hydrogens is 892 g/mol. The summed E-state index contributed by atoms with van der Waals surface area (Å²) in [6.45, 7) is -0.773. The fourth-order valence-corrected chi connectivity index (χ4v) is 7.18. The number of aliphatic carboxylic acids is 2. The van der Waals surface area contributed by atoms with E-state index in [4.69, 9.17) is 37.7 Å². The Balaban J connectivity index is 1.65. The van der Waals surface area contributed by atoms with Gasteiger partial charge >= 0.3 is 32.7 Å². The van der Waals surface area contributed by atoms with Crippen LogP contribution in [0.3, 0.4) is 0 Å². The molecule has 4 heterocycles. The van der Waals surface area contributed by atoms with Gasteiger partial charge in [-0.3, -0.25) is 18.7 Å². The zero-order chi connectivity index (χ0) is 46.0. The third-order valence-corrected chi connectivity index (χ3v) is 10.2. The molecule has 4 aliphatic rings. The maximum absolute atomic E-state index is 12.5. The number of carboxylic acid groups (broad SMARTS) is 2. The van der Waals surface area contributed by atoms with Crippen molar-refractivity contribution in [1.29, 1.82) is 0 Å². The molecule has 0 aromatic heterocycles. The average Bonchev–Trinajstić information content (AvgIpc) is 3.14. The van der Waals surface area contributed by atoms with Gasteiger partial charge in [0.2, 0.25) is 11.8 Å². The van der Waals surface area contributed by atoms with Crippen LogP contribution >= 0.6 is 0 Å². The standard InChI is InChI=1S/C28H44N2O29S2/c1-5(31)29-9-12(34)11(33)7(3-51-60(45,46)47)53-26(9)58-20-15(37)17(39)28(59-22(20)24(42)43)56-18-8(4-52-61(48,49)50)54-27(10(13(18)35)30-6(2)32)57-19-14(36)16(38)25(44)55-21(19)23(40)41/h7-22,25-28,33-39,44H,3-4H2,1-2H3,(H,29,31)(H,30,32)(H,40,41)(H,42,43)(H,45,46,47)(H,48,49,50)/t7?,8?,9?,10?,11-,12-,13-,14-,15-,16?,17?,18-,19+,20+,21?,22?,25-,26-,27-,28-/m1/s1. The van der Waals surface area contributed by atoms with Crippen LogP contribution in [0.2, 0.25) is 0 Å². The summed E-state index contributed by atoms with van der Waals surface area (Å²) in [5, 5.41) is 110. The lowest BCUT2D eigenvalue weighted by Crippen LogP contribution is -2.70. The third kappa shape index (κ3) is 12.6. The van der Waals surface area contributed by atoms with E-state index in [1.165, 1.54) is 0 Å². The minimum atomic E-state index is -5.38. The van der Waals surface area contributed by atoms with Gasteiger partial charge in [0.25, 0.3) is 0 Å². The zero-order valence-electron chi connectivity index (χ0n) is 31.1. The summed E-state index contributed by atoms with van der Waals surface area (Å²) in [6, 6.07) is -3.82. The third-order valence-electron chi connectivity index (χ3n) is 9.34. The normalized spacial score (nSPS) is 42.3. The lowest BCUT2D eigenvalue weighted by atomic mass is 9.94. The van der Waals surface area contributed by atoms with Crippen LogP contribution in [0.4, 0.5) is 0 Å². The molecule has 0 radical (unpaired) electrons. The molecule has 0 bridgehead atoms. The van der Waals surface area contributed by atoms with E-state index in [0.717, 1.165) is 13.8 Å². The van der Waals surface area contributed by atoms with Crippen molar-refractivity contribution in [2.24, 2.45) is 0 Å². The highest BCUT2D eigenvalue weighted by molar-refractivity contribution is 7.81. The number of aliphatic hydroxyl groups excluding tert-OH is 8. The highest BCUT2D eigenvalue weighted by atomic mass is 32.3. The molecular formula is C28H44N2O29S2. The predicted octanol–water partition coefficient (Wildman–Crippen LogP) is -9.62. The number of rotatable bonds is 16. The Hall–Kier alpha value is -2.98. The maximum Gasteiger partial charge on any atom is 0.397 e. The summed E-state index contributed by atoms with van der Waals surface area (Å²) < 4.78 is 110. The summed E-state index contributed by atoms with van der Waals surface area (Å²) in [6.07, 6.45) is -40.5. The van der Waals surface area contributed by atoms with Crippen LogP contribution in [0.15, 0.2) is 0 Å². The summed E-state index contributed by atoms with van der Waals surface area (Å²) in [7, 11) is -10.5. The molecule has 0 aromatic rings. The van der Waals surface area contributed by atoms with Crippen LogP contribution in [-0.4, -0.2) is 237 Å². The second kappa shape index (κ2) is 20.2. The lowest BCUT2D eigenvalue weighted by molar-refractivity contribution is -0.370. The molecule has 0 aromatic carbocycles. The zero-order valence-corrected chi connectivity index (χ0v) is 32.7. The van der Waals surface area contributed by atoms with Crippen molar-refractivity contribution in [1.82, 2.24) is 10.6 Å². The highest BCUT2D eigenvalue weighted by Crippen LogP contribution is 2.35. The van der Waals surface area contributed by atoms with Crippen molar-refractivity contribution in [2.75, 3.05) is 13.2 Å². The molecule has 8 unspecified atom stereocenters. The van der Waals surface area contributed by atoms with Gasteiger partial charge in [0.05, 0.1) is 13.2 Å². The van der Waals surface area contributed by atoms with Crippen LogP contribution < -0.4 is 10.6 Å². The quantitative estimate of drug-likeness (QED) is 0.0639. The van der Waals surface area contributed by atoms with Crippen LogP contribution in [0.25, 0.3) is 0 Å². The number of carbonyl (C=O) groups excluding carboxylic acids is 2. The van der Waals surface area contributed by atoms with E-state index in [0.29, 0.717) is 0 Å². The van der Waals surface area contributed by atoms with Gasteiger partial charge in [-0.25, -0.2) is 18.0 Å². The van der Waals surface area contributed by atoms with Gasteiger partial charge in [-0.2, -0.15) is 16.8 Å². The molecule has 0 saturated carbocycles. The fourth-order valence-electron chi connectivity index (χ4n) is 6.57. The van der Waals surface area contributed by atoms with Crippen LogP contribution in [-0.2, 0) is 81.5 Å². The van der Waals surface area contributed by atoms with Gasteiger partial charge in [-0.15, -0.1) is 0 Å². The average molecular weight is 937 g/mol. The summed E-state index contributed by atoms with van der Waals surface area (Å²) in [4.78, 5) is 48.6. The number of hydrogen-bond donors (Lipinski definition) is 14. The molecule has 4 aliphatic heterocycles. The van der Waals surface area contributed by atoms with E-state index in [9.17, 15) is 91.6 Å². The largest absolute Gasteiger partial charge is 0.479 e. The molecule has 33 heteroatoms. The smallest absolute Gasteiger partial charge is 0.397 e. The number of nitrogens with one attached hydrogen (secondary N) is 2. The van der Waals surface area contributed by atoms with E-state index in [-0.39, 0.29) is 0 Å². The second-order valence-corrected chi connectivity index (χ2v) is 15.9. The number of ether oxygens (including phenoxy) is 7. The van der Waals surface area contributed by atoms with Gasteiger partial charge in [0, 0.05) is 13.8 Å². The van der Waals surface area contributed by atoms with E-state index in [1.807, 2.05) is 0 Å². The Kier molecular flexibility index (Phi) is 16.8. The first-order valence-electron chi connectivity index (χ1n) is 17.4. The van der Waals surface area contributed by atoms with Gasteiger partial charge in [-0.1, -0.05) is 0 Å². The van der Waals surface area contributed by atoms with Crippen molar-refractivity contribution >= 4 is 44.6 Å². The molecule has 352 valence electrons. The number of aliphatic hydroxyl groups is 8. The minimum absolute atomic E-state index is 0.879. The lowest BCUT2D eigenvalue weighted by Gasteiger charge is -2.49. The topological polar surface area (TPSA) is 486 Å². The first kappa shape index (κ1) is 50.7. The molecule has 31 nitrogen and oxygen atoms in total. The number of carboxylic acids is 2. The summed E-state index contributed by atoms with van der Waals surface area (Å²) in [5.41, 5.74) is 0. The van der Waals surface area contributed by atoms with Crippen molar-refractivity contribution in [2.45, 2.75) is 137 Å². The molecule has 4 fully saturated rings. The van der Waals surface area contributed by atoms with E-state index in [1.54, 1.807) is 0 Å². The first-order chi connectivity index (χ1) is 28.1. The van der Waals surface area contributed by atoms with Gasteiger partial charge < -0.3 is 94.9 Å². The molecule has 0 aliphatic carbocycles. The Morgan fingerprint density at radius 2 is 0.918 bits per heavy atom. The number of hydrogen-bond acceptors (Lipinski definition) is 25. The van der Waals surface area contributed by atoms with Crippen molar-refractivity contribution < 1.29 is 138 Å². The van der Waals surface area contributed by atoms with Gasteiger partial charge in [0.1, 0.15) is 85.3 Å². The molecule has 0 spiro atoms. The Bertz CT molecular complexity index is 1790. The molecule has 20 atom stereocenters. The number of amides is 2. The minimum Gasteiger partial charge on any atom is -0.479 e. The van der Waals surface area contributed by atoms with Crippen molar-refractivity contribution in [3.8, 4) is 0 Å². The summed E-state index contributed by atoms with van der Waals surface area (Å²) >= 11 is 0. The Morgan fingerprint density at radius 1 is 0.508 bits per heavy atom. The summed E-state index contributed by atoms with van der Waals surface area (Å²) in [5.74, 6) is -5.78. The SMILES string of the molecule is CC(=O)NC1[C@@H](O[C@@H]2C(C(=O)O)O[C@@H](O[C@@H]3C(COS(=O)(=O)O)O[C@H](O[C@@H]4C(C(=O)O)O[C@@H](O)C(O)[C@H]4O)C(NC(C)=O)[C@H]3O)C(O)[C@H]2O)OC(COS(=O)(=O)O)[C@@H](O)[C@@H]1O. The number of carbonyl (C=O) groups is 4. The van der Waals surface area contributed by atoms with Crippen molar-refractivity contribution in [3.05, 3.63) is 0 Å². The van der Waals surface area contributed by atoms with Gasteiger partial charge in [0.15, 0.2) is 37.4 Å². The second-order valence-electron chi connectivity index (χ2n) is 13.7. The first-order valence-corrected chi connectivity index (χ1v) is 20.1. The van der Waals surface area contributed by atoms with Crippen LogP contribution in [0, 0.1) is 0 Å². The van der Waals surface area contributed by atoms with E-state index >= 15 is 0 Å². The van der Waals surface area contributed by atoms with E-state index < -0.39 is 180 Å². The molecule has 2 amide bonds. The predicted molar refractivity (Wildman–Crippen MR) is 179 cm³/mol. The van der Waals surface area contributed by atoms with Crippen molar-refractivity contribution in [3.63, 3.8) is 0 Å². The van der Waals surface area contributed by atoms with Crippen LogP contribution in [0.5, 0.6) is 0 Å².